The Bertz CT molecular complexity index is 984. The molecule has 0 bridgehead atoms. The van der Waals surface area contributed by atoms with Gasteiger partial charge in [0, 0.05) is 29.4 Å². The highest BCUT2D eigenvalue weighted by Crippen LogP contribution is 2.17. The molecular formula is C29H40N2O5. The number of nitrogen functional groups attached to an aromatic ring is 2. The first-order valence-electron chi connectivity index (χ1n) is 12.4. The van der Waals surface area contributed by atoms with E-state index in [0.29, 0.717) is 36.6 Å². The second kappa shape index (κ2) is 17.7. The molecule has 0 unspecified atom stereocenters. The van der Waals surface area contributed by atoms with Crippen molar-refractivity contribution < 1.29 is 23.8 Å². The molecule has 4 N–H and O–H groups in total. The first-order valence-corrected chi connectivity index (χ1v) is 12.4. The lowest BCUT2D eigenvalue weighted by Crippen LogP contribution is -2.06. The van der Waals surface area contributed by atoms with Gasteiger partial charge in [0.2, 0.25) is 0 Å². The second-order valence-corrected chi connectivity index (χ2v) is 7.96. The normalized spacial score (nSPS) is 10.3. The van der Waals surface area contributed by atoms with Gasteiger partial charge in [-0.15, -0.1) is 0 Å². The summed E-state index contributed by atoms with van der Waals surface area (Å²) in [7, 11) is 0. The Morgan fingerprint density at radius 2 is 1.56 bits per heavy atom. The molecule has 2 rings (SSSR count). The molecule has 0 aliphatic rings. The fourth-order valence-corrected chi connectivity index (χ4v) is 3.03. The number of carbonyl (C=O) groups excluding carboxylic acids is 2. The Morgan fingerprint density at radius 1 is 0.889 bits per heavy atom. The van der Waals surface area contributed by atoms with E-state index in [1.165, 1.54) is 6.08 Å². The summed E-state index contributed by atoms with van der Waals surface area (Å²) in [5.41, 5.74) is 15.0. The SMILES string of the molecule is C=C(C)C(=O)OCCCCCCOc1ccc(/C=C/C(=O)OCCc2ccc(N)cc2N)cc1.CC. The highest BCUT2D eigenvalue weighted by molar-refractivity contribution is 5.87. The molecule has 0 fully saturated rings. The van der Waals surface area contributed by atoms with E-state index in [0.717, 1.165) is 42.6 Å². The number of hydrogen-bond acceptors (Lipinski definition) is 7. The lowest BCUT2D eigenvalue weighted by molar-refractivity contribution is -0.139. The molecule has 0 aliphatic carbocycles. The van der Waals surface area contributed by atoms with Gasteiger partial charge in [-0.05, 0) is 74.1 Å². The van der Waals surface area contributed by atoms with Gasteiger partial charge in [-0.25, -0.2) is 9.59 Å². The predicted molar refractivity (Wildman–Crippen MR) is 146 cm³/mol. The number of unbranched alkanes of at least 4 members (excludes halogenated alkanes) is 3. The number of carbonyl (C=O) groups is 2. The average molecular weight is 497 g/mol. The zero-order chi connectivity index (χ0) is 26.8. The third kappa shape index (κ3) is 12.6. The van der Waals surface area contributed by atoms with Gasteiger partial charge in [0.15, 0.2) is 0 Å². The van der Waals surface area contributed by atoms with Crippen LogP contribution in [-0.2, 0) is 25.5 Å². The minimum Gasteiger partial charge on any atom is -0.494 e. The van der Waals surface area contributed by atoms with E-state index in [9.17, 15) is 9.59 Å². The lowest BCUT2D eigenvalue weighted by atomic mass is 10.1. The van der Waals surface area contributed by atoms with Crippen LogP contribution in [0.25, 0.3) is 6.08 Å². The molecule has 2 aromatic rings. The highest BCUT2D eigenvalue weighted by Gasteiger charge is 2.03. The summed E-state index contributed by atoms with van der Waals surface area (Å²) >= 11 is 0. The summed E-state index contributed by atoms with van der Waals surface area (Å²) in [6.07, 6.45) is 7.35. The van der Waals surface area contributed by atoms with E-state index in [1.54, 1.807) is 25.1 Å². The van der Waals surface area contributed by atoms with Crippen LogP contribution >= 0.6 is 0 Å². The van der Waals surface area contributed by atoms with E-state index in [-0.39, 0.29) is 12.6 Å². The van der Waals surface area contributed by atoms with Crippen molar-refractivity contribution in [2.24, 2.45) is 0 Å². The number of ether oxygens (including phenoxy) is 3. The van der Waals surface area contributed by atoms with Gasteiger partial charge in [-0.1, -0.05) is 38.6 Å². The molecule has 0 spiro atoms. The minimum absolute atomic E-state index is 0.240. The van der Waals surface area contributed by atoms with Crippen molar-refractivity contribution in [2.45, 2.75) is 52.9 Å². The maximum Gasteiger partial charge on any atom is 0.333 e. The molecule has 0 aliphatic heterocycles. The maximum absolute atomic E-state index is 11.9. The lowest BCUT2D eigenvalue weighted by Gasteiger charge is -2.07. The molecule has 7 nitrogen and oxygen atoms in total. The van der Waals surface area contributed by atoms with Crippen molar-refractivity contribution in [1.29, 1.82) is 0 Å². The zero-order valence-corrected chi connectivity index (χ0v) is 21.8. The molecule has 2 aromatic carbocycles. The van der Waals surface area contributed by atoms with Crippen LogP contribution in [0.2, 0.25) is 0 Å². The van der Waals surface area contributed by atoms with Crippen molar-refractivity contribution in [3.8, 4) is 5.75 Å². The molecule has 7 heteroatoms. The van der Waals surface area contributed by atoms with Gasteiger partial charge < -0.3 is 25.7 Å². The number of rotatable bonds is 14. The summed E-state index contributed by atoms with van der Waals surface area (Å²) in [5, 5.41) is 0. The molecule has 0 radical (unpaired) electrons. The number of hydrogen-bond donors (Lipinski definition) is 2. The number of esters is 2. The summed E-state index contributed by atoms with van der Waals surface area (Å²) < 4.78 is 16.0. The molecule has 0 amide bonds. The monoisotopic (exact) mass is 496 g/mol. The van der Waals surface area contributed by atoms with Gasteiger partial charge in [-0.2, -0.15) is 0 Å². The van der Waals surface area contributed by atoms with Gasteiger partial charge >= 0.3 is 11.9 Å². The van der Waals surface area contributed by atoms with Crippen molar-refractivity contribution in [2.75, 3.05) is 31.3 Å². The smallest absolute Gasteiger partial charge is 0.333 e. The number of nitrogens with two attached hydrogens (primary N) is 2. The Morgan fingerprint density at radius 3 is 2.19 bits per heavy atom. The summed E-state index contributed by atoms with van der Waals surface area (Å²) in [6.45, 7) is 10.5. The molecule has 0 heterocycles. The largest absolute Gasteiger partial charge is 0.494 e. The van der Waals surface area contributed by atoms with Crippen LogP contribution in [0.4, 0.5) is 11.4 Å². The third-order valence-corrected chi connectivity index (χ3v) is 4.97. The Hall–Kier alpha value is -3.74. The van der Waals surface area contributed by atoms with Crippen molar-refractivity contribution >= 4 is 29.4 Å². The van der Waals surface area contributed by atoms with Crippen molar-refractivity contribution in [3.63, 3.8) is 0 Å². The second-order valence-electron chi connectivity index (χ2n) is 7.96. The number of benzene rings is 2. The van der Waals surface area contributed by atoms with Crippen LogP contribution < -0.4 is 16.2 Å². The van der Waals surface area contributed by atoms with Gasteiger partial charge in [-0.3, -0.25) is 0 Å². The average Bonchev–Trinajstić information content (AvgIpc) is 2.87. The van der Waals surface area contributed by atoms with Crippen LogP contribution in [-0.4, -0.2) is 31.8 Å². The third-order valence-electron chi connectivity index (χ3n) is 4.97. The van der Waals surface area contributed by atoms with E-state index in [1.807, 2.05) is 44.2 Å². The predicted octanol–water partition coefficient (Wildman–Crippen LogP) is 5.73. The minimum atomic E-state index is -0.413. The molecule has 0 saturated carbocycles. The van der Waals surface area contributed by atoms with E-state index in [4.69, 9.17) is 25.7 Å². The fraction of sp³-hybridized carbons (Fsp3) is 0.379. The Labute approximate surface area is 215 Å². The fourth-order valence-electron chi connectivity index (χ4n) is 3.03. The Kier molecular flexibility index (Phi) is 14.9. The van der Waals surface area contributed by atoms with E-state index < -0.39 is 5.97 Å². The highest BCUT2D eigenvalue weighted by atomic mass is 16.5. The van der Waals surface area contributed by atoms with Gasteiger partial charge in [0.1, 0.15) is 5.75 Å². The quantitative estimate of drug-likeness (QED) is 0.148. The van der Waals surface area contributed by atoms with Crippen LogP contribution in [0, 0.1) is 0 Å². The van der Waals surface area contributed by atoms with E-state index >= 15 is 0 Å². The molecule has 196 valence electrons. The van der Waals surface area contributed by atoms with Crippen LogP contribution in [0.15, 0.2) is 60.7 Å². The van der Waals surface area contributed by atoms with E-state index in [2.05, 4.69) is 6.58 Å². The first kappa shape index (κ1) is 30.3. The first-order chi connectivity index (χ1) is 17.3. The Balaban J connectivity index is 0.00000316. The molecule has 0 saturated heterocycles. The molecule has 0 atom stereocenters. The van der Waals surface area contributed by atoms with Crippen molar-refractivity contribution in [3.05, 3.63) is 71.8 Å². The van der Waals surface area contributed by atoms with Gasteiger partial charge in [0.05, 0.1) is 19.8 Å². The van der Waals surface area contributed by atoms with Crippen LogP contribution in [0.5, 0.6) is 5.75 Å². The molecule has 36 heavy (non-hydrogen) atoms. The standard InChI is InChI=1S/C27H34N2O5.C2H6/c1-20(2)27(31)34-17-6-4-3-5-16-32-24-12-7-21(8-13-24)9-14-26(30)33-18-15-22-10-11-23(28)19-25(22)29;1-2/h7-14,19H,1,3-6,15-18,28-29H2,2H3;1-2H3/b14-9+;. The molecular weight excluding hydrogens is 456 g/mol. The van der Waals surface area contributed by atoms with Crippen LogP contribution in [0.1, 0.15) is 57.6 Å². The number of anilines is 2. The maximum atomic E-state index is 11.9. The van der Waals surface area contributed by atoms with Gasteiger partial charge in [0.25, 0.3) is 0 Å². The summed E-state index contributed by atoms with van der Waals surface area (Å²) in [4.78, 5) is 23.2. The topological polar surface area (TPSA) is 114 Å². The molecule has 0 aromatic heterocycles. The summed E-state index contributed by atoms with van der Waals surface area (Å²) in [5.74, 6) is 0.0263. The van der Waals surface area contributed by atoms with Crippen LogP contribution in [0.3, 0.4) is 0 Å². The zero-order valence-electron chi connectivity index (χ0n) is 21.8. The summed E-state index contributed by atoms with van der Waals surface area (Å²) in [6, 6.07) is 12.8. The van der Waals surface area contributed by atoms with Crippen molar-refractivity contribution in [1.82, 2.24) is 0 Å².